The van der Waals surface area contributed by atoms with E-state index in [-0.39, 0.29) is 0 Å². The van der Waals surface area contributed by atoms with Crippen molar-refractivity contribution in [2.24, 2.45) is 0 Å². The molecule has 0 aliphatic carbocycles. The molecule has 0 N–H and O–H groups in total. The van der Waals surface area contributed by atoms with Crippen LogP contribution in [0.2, 0.25) is 0 Å². The van der Waals surface area contributed by atoms with Gasteiger partial charge < -0.3 is 14.2 Å². The van der Waals surface area contributed by atoms with Crippen molar-refractivity contribution in [1.82, 2.24) is 4.37 Å². The Morgan fingerprint density at radius 2 is 1.67 bits per heavy atom. The van der Waals surface area contributed by atoms with Crippen LogP contribution in [0.1, 0.15) is 0 Å². The Bertz CT molecular complexity index is 846. The Labute approximate surface area is 153 Å². The zero-order chi connectivity index (χ0) is 17.1. The van der Waals surface area contributed by atoms with Crippen molar-refractivity contribution < 1.29 is 14.2 Å². The van der Waals surface area contributed by atoms with E-state index in [0.717, 1.165) is 26.0 Å². The second kappa shape index (κ2) is 7.23. The molecule has 0 saturated heterocycles. The molecule has 124 valence electrons. The van der Waals surface area contributed by atoms with Gasteiger partial charge in [0.25, 0.3) is 0 Å². The number of halogens is 1. The fourth-order valence-corrected chi connectivity index (χ4v) is 3.54. The largest absolute Gasteiger partial charge is 0.497 e. The SMILES string of the molecule is COc1cc(OC)c(OC)c(-c2sncc2-c2ccc(Br)cc2)c1. The molecule has 0 bridgehead atoms. The van der Waals surface area contributed by atoms with Gasteiger partial charge in [0.1, 0.15) is 5.75 Å². The summed E-state index contributed by atoms with van der Waals surface area (Å²) in [5.74, 6) is 2.00. The third-order valence-electron chi connectivity index (χ3n) is 3.66. The predicted molar refractivity (Wildman–Crippen MR) is 100 cm³/mol. The first-order valence-electron chi connectivity index (χ1n) is 7.19. The van der Waals surface area contributed by atoms with E-state index in [1.54, 1.807) is 21.3 Å². The standard InChI is InChI=1S/C18H16BrNO3S/c1-21-13-8-14(17(23-3)16(9-13)22-2)18-15(10-20-24-18)11-4-6-12(19)7-5-11/h4-10H,1-3H3. The number of benzene rings is 2. The quantitative estimate of drug-likeness (QED) is 0.579. The first-order valence-corrected chi connectivity index (χ1v) is 8.75. The molecule has 2 aromatic carbocycles. The van der Waals surface area contributed by atoms with Gasteiger partial charge in [-0.3, -0.25) is 0 Å². The lowest BCUT2D eigenvalue weighted by molar-refractivity contribution is 0.350. The predicted octanol–water partition coefficient (Wildman–Crippen LogP) is 5.27. The number of methoxy groups -OCH3 is 3. The maximum atomic E-state index is 5.59. The average molecular weight is 406 g/mol. The molecule has 0 aliphatic rings. The summed E-state index contributed by atoms with van der Waals surface area (Å²) in [5, 5.41) is 0. The lowest BCUT2D eigenvalue weighted by atomic mass is 10.0. The summed E-state index contributed by atoms with van der Waals surface area (Å²) in [6, 6.07) is 11.9. The minimum absolute atomic E-state index is 0.627. The maximum absolute atomic E-state index is 5.59. The van der Waals surface area contributed by atoms with Crippen LogP contribution in [-0.2, 0) is 0 Å². The first-order chi connectivity index (χ1) is 11.7. The highest BCUT2D eigenvalue weighted by atomic mass is 79.9. The Hall–Kier alpha value is -2.05. The molecular weight excluding hydrogens is 390 g/mol. The van der Waals surface area contributed by atoms with Gasteiger partial charge in [0, 0.05) is 27.9 Å². The van der Waals surface area contributed by atoms with E-state index in [1.807, 2.05) is 30.5 Å². The zero-order valence-corrected chi connectivity index (χ0v) is 15.9. The second-order valence-corrected chi connectivity index (χ2v) is 6.70. The highest BCUT2D eigenvalue weighted by Crippen LogP contribution is 2.46. The van der Waals surface area contributed by atoms with E-state index in [0.29, 0.717) is 17.2 Å². The topological polar surface area (TPSA) is 40.6 Å². The van der Waals surface area contributed by atoms with Crippen molar-refractivity contribution in [2.75, 3.05) is 21.3 Å². The zero-order valence-electron chi connectivity index (χ0n) is 13.5. The van der Waals surface area contributed by atoms with E-state index in [4.69, 9.17) is 14.2 Å². The van der Waals surface area contributed by atoms with Crippen molar-refractivity contribution in [3.8, 4) is 38.8 Å². The minimum atomic E-state index is 0.627. The fourth-order valence-electron chi connectivity index (χ4n) is 2.49. The molecule has 0 amide bonds. The molecule has 24 heavy (non-hydrogen) atoms. The molecule has 4 nitrogen and oxygen atoms in total. The van der Waals surface area contributed by atoms with Crippen LogP contribution in [0.3, 0.4) is 0 Å². The normalized spacial score (nSPS) is 10.5. The van der Waals surface area contributed by atoms with Crippen LogP contribution in [0, 0.1) is 0 Å². The Balaban J connectivity index is 2.20. The van der Waals surface area contributed by atoms with Crippen LogP contribution in [0.4, 0.5) is 0 Å². The molecular formula is C18H16BrNO3S. The lowest BCUT2D eigenvalue weighted by Gasteiger charge is -2.14. The van der Waals surface area contributed by atoms with Crippen molar-refractivity contribution in [1.29, 1.82) is 0 Å². The summed E-state index contributed by atoms with van der Waals surface area (Å²) >= 11 is 4.88. The van der Waals surface area contributed by atoms with E-state index in [1.165, 1.54) is 11.5 Å². The molecule has 0 spiro atoms. The van der Waals surface area contributed by atoms with Crippen LogP contribution in [0.15, 0.2) is 47.1 Å². The van der Waals surface area contributed by atoms with Crippen molar-refractivity contribution in [2.45, 2.75) is 0 Å². The van der Waals surface area contributed by atoms with Crippen LogP contribution in [0.25, 0.3) is 21.6 Å². The van der Waals surface area contributed by atoms with E-state index >= 15 is 0 Å². The molecule has 0 unspecified atom stereocenters. The molecule has 6 heteroatoms. The summed E-state index contributed by atoms with van der Waals surface area (Å²) in [5.41, 5.74) is 3.03. The summed E-state index contributed by atoms with van der Waals surface area (Å²) in [7, 11) is 4.88. The first kappa shape index (κ1) is 16.8. The van der Waals surface area contributed by atoms with Gasteiger partial charge in [0.2, 0.25) is 0 Å². The molecule has 0 radical (unpaired) electrons. The highest BCUT2D eigenvalue weighted by Gasteiger charge is 2.19. The third-order valence-corrected chi connectivity index (χ3v) is 5.02. The van der Waals surface area contributed by atoms with Crippen molar-refractivity contribution in [3.05, 3.63) is 47.1 Å². The van der Waals surface area contributed by atoms with Crippen molar-refractivity contribution >= 4 is 27.5 Å². The fraction of sp³-hybridized carbons (Fsp3) is 0.167. The van der Waals surface area contributed by atoms with Gasteiger partial charge in [0.15, 0.2) is 11.5 Å². The van der Waals surface area contributed by atoms with Gasteiger partial charge in [-0.1, -0.05) is 28.1 Å². The van der Waals surface area contributed by atoms with Crippen LogP contribution in [-0.4, -0.2) is 25.7 Å². The summed E-state index contributed by atoms with van der Waals surface area (Å²) in [4.78, 5) is 1.01. The van der Waals surface area contributed by atoms with Gasteiger partial charge in [-0.25, -0.2) is 0 Å². The summed E-state index contributed by atoms with van der Waals surface area (Å²) < 4.78 is 21.9. The number of nitrogens with zero attached hydrogens (tertiary/aromatic N) is 1. The Morgan fingerprint density at radius 3 is 2.29 bits per heavy atom. The molecule has 0 saturated carbocycles. The number of ether oxygens (including phenoxy) is 3. The van der Waals surface area contributed by atoms with Crippen LogP contribution >= 0.6 is 27.5 Å². The molecule has 3 aromatic rings. The third kappa shape index (κ3) is 3.12. The summed E-state index contributed by atoms with van der Waals surface area (Å²) in [6.07, 6.45) is 1.87. The number of aromatic nitrogens is 1. The average Bonchev–Trinajstić information content (AvgIpc) is 3.10. The molecule has 1 heterocycles. The van der Waals surface area contributed by atoms with Gasteiger partial charge >= 0.3 is 0 Å². The molecule has 0 fully saturated rings. The smallest absolute Gasteiger partial charge is 0.169 e. The van der Waals surface area contributed by atoms with Crippen molar-refractivity contribution in [3.63, 3.8) is 0 Å². The van der Waals surface area contributed by atoms with E-state index < -0.39 is 0 Å². The Kier molecular flexibility index (Phi) is 5.06. The van der Waals surface area contributed by atoms with E-state index in [2.05, 4.69) is 32.4 Å². The van der Waals surface area contributed by atoms with Gasteiger partial charge in [-0.05, 0) is 35.3 Å². The monoisotopic (exact) mass is 405 g/mol. The van der Waals surface area contributed by atoms with Crippen LogP contribution < -0.4 is 14.2 Å². The molecule has 3 rings (SSSR count). The number of rotatable bonds is 5. The second-order valence-electron chi connectivity index (χ2n) is 4.99. The van der Waals surface area contributed by atoms with Crippen LogP contribution in [0.5, 0.6) is 17.2 Å². The highest BCUT2D eigenvalue weighted by molar-refractivity contribution is 9.10. The van der Waals surface area contributed by atoms with Gasteiger partial charge in [0.05, 0.1) is 26.2 Å². The number of hydrogen-bond donors (Lipinski definition) is 0. The molecule has 1 aromatic heterocycles. The van der Waals surface area contributed by atoms with E-state index in [9.17, 15) is 0 Å². The molecule has 0 aliphatic heterocycles. The minimum Gasteiger partial charge on any atom is -0.497 e. The number of hydrogen-bond acceptors (Lipinski definition) is 5. The van der Waals surface area contributed by atoms with Gasteiger partial charge in [-0.15, -0.1) is 0 Å². The Morgan fingerprint density at radius 1 is 0.917 bits per heavy atom. The molecule has 0 atom stereocenters. The lowest BCUT2D eigenvalue weighted by Crippen LogP contribution is -1.95. The maximum Gasteiger partial charge on any atom is 0.169 e. The van der Waals surface area contributed by atoms with Gasteiger partial charge in [-0.2, -0.15) is 4.37 Å². The summed E-state index contributed by atoms with van der Waals surface area (Å²) in [6.45, 7) is 0.